The molecule has 0 fully saturated rings. The van der Waals surface area contributed by atoms with Crippen LogP contribution in [0.1, 0.15) is 43.9 Å². The Morgan fingerprint density at radius 2 is 1.84 bits per heavy atom. The minimum Gasteiger partial charge on any atom is -0.493 e. The van der Waals surface area contributed by atoms with Gasteiger partial charge in [-0.25, -0.2) is 0 Å². The summed E-state index contributed by atoms with van der Waals surface area (Å²) >= 11 is 3.67. The summed E-state index contributed by atoms with van der Waals surface area (Å²) < 4.78 is 12.8. The van der Waals surface area contributed by atoms with Gasteiger partial charge in [0.2, 0.25) is 0 Å². The SMILES string of the molecule is CCC(C)(C)NCc1c(Br)ccc(OC)c1OCc1ccccc1C. The van der Waals surface area contributed by atoms with E-state index in [9.17, 15) is 0 Å². The van der Waals surface area contributed by atoms with Gasteiger partial charge >= 0.3 is 0 Å². The molecule has 0 unspecified atom stereocenters. The molecule has 4 heteroatoms. The summed E-state index contributed by atoms with van der Waals surface area (Å²) in [6.45, 7) is 9.92. The summed E-state index contributed by atoms with van der Waals surface area (Å²) in [6.07, 6.45) is 1.05. The molecule has 2 rings (SSSR count). The van der Waals surface area contributed by atoms with Gasteiger partial charge < -0.3 is 14.8 Å². The molecule has 0 aromatic heterocycles. The lowest BCUT2D eigenvalue weighted by Crippen LogP contribution is -2.38. The molecule has 0 amide bonds. The molecule has 2 aromatic carbocycles. The predicted octanol–water partition coefficient (Wildman–Crippen LogP) is 5.62. The van der Waals surface area contributed by atoms with Crippen LogP contribution in [0.15, 0.2) is 40.9 Å². The molecule has 1 N–H and O–H groups in total. The predicted molar refractivity (Wildman–Crippen MR) is 107 cm³/mol. The Kier molecular flexibility index (Phi) is 6.91. The van der Waals surface area contributed by atoms with E-state index in [2.05, 4.69) is 61.1 Å². The number of hydrogen-bond acceptors (Lipinski definition) is 3. The first-order valence-electron chi connectivity index (χ1n) is 8.65. The molecule has 0 aliphatic heterocycles. The van der Waals surface area contributed by atoms with E-state index in [-0.39, 0.29) is 5.54 Å². The zero-order chi connectivity index (χ0) is 18.4. The summed E-state index contributed by atoms with van der Waals surface area (Å²) in [7, 11) is 1.68. The summed E-state index contributed by atoms with van der Waals surface area (Å²) in [6, 6.07) is 12.2. The van der Waals surface area contributed by atoms with E-state index in [4.69, 9.17) is 9.47 Å². The Morgan fingerprint density at radius 1 is 1.12 bits per heavy atom. The number of methoxy groups -OCH3 is 1. The average molecular weight is 406 g/mol. The highest BCUT2D eigenvalue weighted by Crippen LogP contribution is 2.37. The van der Waals surface area contributed by atoms with Gasteiger partial charge in [-0.05, 0) is 50.5 Å². The molecule has 0 radical (unpaired) electrons. The first-order chi connectivity index (χ1) is 11.9. The smallest absolute Gasteiger partial charge is 0.167 e. The van der Waals surface area contributed by atoms with Crippen LogP contribution in [-0.4, -0.2) is 12.6 Å². The van der Waals surface area contributed by atoms with Gasteiger partial charge in [-0.3, -0.25) is 0 Å². The minimum absolute atomic E-state index is 0.0653. The van der Waals surface area contributed by atoms with Crippen molar-refractivity contribution in [2.45, 2.75) is 52.8 Å². The van der Waals surface area contributed by atoms with Gasteiger partial charge in [-0.15, -0.1) is 0 Å². The second-order valence-corrected chi connectivity index (χ2v) is 7.72. The molecular formula is C21H28BrNO2. The highest BCUT2D eigenvalue weighted by Gasteiger charge is 2.19. The standard InChI is InChI=1S/C21H28BrNO2/c1-6-21(3,4)23-13-17-18(22)11-12-19(24-5)20(17)25-14-16-10-8-7-9-15(16)2/h7-12,23H,6,13-14H2,1-5H3. The third-order valence-electron chi connectivity index (χ3n) is 4.65. The molecule has 136 valence electrons. The lowest BCUT2D eigenvalue weighted by Gasteiger charge is -2.26. The van der Waals surface area contributed by atoms with Gasteiger partial charge in [-0.1, -0.05) is 47.1 Å². The number of nitrogens with one attached hydrogen (secondary N) is 1. The van der Waals surface area contributed by atoms with Crippen molar-refractivity contribution >= 4 is 15.9 Å². The van der Waals surface area contributed by atoms with E-state index >= 15 is 0 Å². The van der Waals surface area contributed by atoms with Crippen molar-refractivity contribution in [3.8, 4) is 11.5 Å². The van der Waals surface area contributed by atoms with Crippen LogP contribution in [0, 0.1) is 6.92 Å². The fourth-order valence-electron chi connectivity index (χ4n) is 2.44. The van der Waals surface area contributed by atoms with Crippen molar-refractivity contribution < 1.29 is 9.47 Å². The summed E-state index contributed by atoms with van der Waals surface area (Å²) in [5, 5.41) is 3.60. The number of aryl methyl sites for hydroxylation is 1. The fourth-order valence-corrected chi connectivity index (χ4v) is 2.89. The summed E-state index contributed by atoms with van der Waals surface area (Å²) in [5.41, 5.74) is 3.55. The molecule has 0 heterocycles. The van der Waals surface area contributed by atoms with Crippen molar-refractivity contribution in [3.63, 3.8) is 0 Å². The van der Waals surface area contributed by atoms with Crippen LogP contribution in [0.5, 0.6) is 11.5 Å². The monoisotopic (exact) mass is 405 g/mol. The Hall–Kier alpha value is -1.52. The van der Waals surface area contributed by atoms with E-state index in [0.717, 1.165) is 28.0 Å². The molecular weight excluding hydrogens is 378 g/mol. The molecule has 3 nitrogen and oxygen atoms in total. The first-order valence-corrected chi connectivity index (χ1v) is 9.45. The maximum absolute atomic E-state index is 6.21. The maximum Gasteiger partial charge on any atom is 0.167 e. The summed E-state index contributed by atoms with van der Waals surface area (Å²) in [5.74, 6) is 1.54. The maximum atomic E-state index is 6.21. The lowest BCUT2D eigenvalue weighted by atomic mass is 10.0. The van der Waals surface area contributed by atoms with Crippen molar-refractivity contribution in [2.24, 2.45) is 0 Å². The van der Waals surface area contributed by atoms with Crippen LogP contribution in [0.3, 0.4) is 0 Å². The van der Waals surface area contributed by atoms with Crippen molar-refractivity contribution in [2.75, 3.05) is 7.11 Å². The zero-order valence-corrected chi connectivity index (χ0v) is 17.4. The fraction of sp³-hybridized carbons (Fsp3) is 0.429. The van der Waals surface area contributed by atoms with Gasteiger partial charge in [0.25, 0.3) is 0 Å². The number of rotatable bonds is 8. The lowest BCUT2D eigenvalue weighted by molar-refractivity contribution is 0.277. The second-order valence-electron chi connectivity index (χ2n) is 6.86. The number of hydrogen-bond donors (Lipinski definition) is 1. The topological polar surface area (TPSA) is 30.5 Å². The van der Waals surface area contributed by atoms with Crippen LogP contribution >= 0.6 is 15.9 Å². The van der Waals surface area contributed by atoms with Gasteiger partial charge in [0, 0.05) is 22.1 Å². The van der Waals surface area contributed by atoms with E-state index in [1.54, 1.807) is 7.11 Å². The normalized spacial score (nSPS) is 11.4. The van der Waals surface area contributed by atoms with E-state index < -0.39 is 0 Å². The van der Waals surface area contributed by atoms with Crippen LogP contribution < -0.4 is 14.8 Å². The Bertz CT molecular complexity index is 713. The third-order valence-corrected chi connectivity index (χ3v) is 5.39. The van der Waals surface area contributed by atoms with Crippen molar-refractivity contribution in [3.05, 3.63) is 57.6 Å². The van der Waals surface area contributed by atoms with Gasteiger partial charge in [-0.2, -0.15) is 0 Å². The molecule has 25 heavy (non-hydrogen) atoms. The number of ether oxygens (including phenoxy) is 2. The van der Waals surface area contributed by atoms with Crippen LogP contribution in [0.25, 0.3) is 0 Å². The van der Waals surface area contributed by atoms with E-state index in [0.29, 0.717) is 13.2 Å². The molecule has 0 saturated heterocycles. The molecule has 0 bridgehead atoms. The third kappa shape index (κ3) is 5.23. The number of benzene rings is 2. The Morgan fingerprint density at radius 3 is 2.48 bits per heavy atom. The van der Waals surface area contributed by atoms with Gasteiger partial charge in [0.05, 0.1) is 7.11 Å². The second kappa shape index (κ2) is 8.72. The average Bonchev–Trinajstić information content (AvgIpc) is 2.60. The molecule has 0 aliphatic carbocycles. The van der Waals surface area contributed by atoms with E-state index in [1.807, 2.05) is 24.3 Å². The largest absolute Gasteiger partial charge is 0.493 e. The van der Waals surface area contributed by atoms with Crippen LogP contribution in [-0.2, 0) is 13.2 Å². The van der Waals surface area contributed by atoms with Crippen LogP contribution in [0.4, 0.5) is 0 Å². The quantitative estimate of drug-likeness (QED) is 0.617. The molecule has 0 spiro atoms. The molecule has 0 aliphatic rings. The molecule has 0 atom stereocenters. The first kappa shape index (κ1) is 19.8. The Labute approximate surface area is 159 Å². The van der Waals surface area contributed by atoms with Gasteiger partial charge in [0.15, 0.2) is 11.5 Å². The van der Waals surface area contributed by atoms with Crippen molar-refractivity contribution in [1.82, 2.24) is 5.32 Å². The molecule has 2 aromatic rings. The highest BCUT2D eigenvalue weighted by molar-refractivity contribution is 9.10. The van der Waals surface area contributed by atoms with Gasteiger partial charge in [0.1, 0.15) is 6.61 Å². The zero-order valence-electron chi connectivity index (χ0n) is 15.8. The number of halogens is 1. The highest BCUT2D eigenvalue weighted by atomic mass is 79.9. The van der Waals surface area contributed by atoms with Crippen molar-refractivity contribution in [1.29, 1.82) is 0 Å². The summed E-state index contributed by atoms with van der Waals surface area (Å²) in [4.78, 5) is 0. The van der Waals surface area contributed by atoms with Crippen LogP contribution in [0.2, 0.25) is 0 Å². The van der Waals surface area contributed by atoms with E-state index in [1.165, 1.54) is 11.1 Å². The Balaban J connectivity index is 2.28. The molecule has 0 saturated carbocycles. The minimum atomic E-state index is 0.0653.